The van der Waals surface area contributed by atoms with Crippen molar-refractivity contribution >= 4 is 11.6 Å². The second-order valence-electron chi connectivity index (χ2n) is 4.97. The lowest BCUT2D eigenvalue weighted by atomic mass is 10.1. The SMILES string of the molecule is CN(CCc1ccncc1)Cc1ccc(CN)cc1Cl. The molecule has 0 atom stereocenters. The third-order valence-electron chi connectivity index (χ3n) is 3.32. The van der Waals surface area contributed by atoms with Crippen LogP contribution in [0, 0.1) is 0 Å². The summed E-state index contributed by atoms with van der Waals surface area (Å²) in [5, 5.41) is 0.795. The van der Waals surface area contributed by atoms with Gasteiger partial charge in [0.05, 0.1) is 0 Å². The number of hydrogen-bond donors (Lipinski definition) is 1. The van der Waals surface area contributed by atoms with E-state index >= 15 is 0 Å². The van der Waals surface area contributed by atoms with Crippen LogP contribution in [0.2, 0.25) is 5.02 Å². The van der Waals surface area contributed by atoms with Gasteiger partial charge in [0.15, 0.2) is 0 Å². The van der Waals surface area contributed by atoms with Crippen LogP contribution in [0.15, 0.2) is 42.7 Å². The van der Waals surface area contributed by atoms with Crippen molar-refractivity contribution in [3.8, 4) is 0 Å². The van der Waals surface area contributed by atoms with E-state index in [0.717, 1.165) is 35.7 Å². The average Bonchev–Trinajstić information content (AvgIpc) is 2.48. The van der Waals surface area contributed by atoms with Crippen molar-refractivity contribution in [2.75, 3.05) is 13.6 Å². The van der Waals surface area contributed by atoms with E-state index in [2.05, 4.69) is 35.1 Å². The highest BCUT2D eigenvalue weighted by Crippen LogP contribution is 2.19. The Kier molecular flexibility index (Phi) is 5.53. The predicted octanol–water partition coefficient (Wildman–Crippen LogP) is 2.87. The summed E-state index contributed by atoms with van der Waals surface area (Å²) in [7, 11) is 2.11. The average molecular weight is 290 g/mol. The van der Waals surface area contributed by atoms with Gasteiger partial charge in [0, 0.05) is 37.1 Å². The molecule has 0 aliphatic heterocycles. The molecule has 1 heterocycles. The van der Waals surface area contributed by atoms with Crippen LogP contribution in [0.5, 0.6) is 0 Å². The fourth-order valence-corrected chi connectivity index (χ4v) is 2.35. The summed E-state index contributed by atoms with van der Waals surface area (Å²) >= 11 is 6.28. The van der Waals surface area contributed by atoms with Gasteiger partial charge in [0.1, 0.15) is 0 Å². The number of pyridine rings is 1. The standard InChI is InChI=1S/C16H20ClN3/c1-20(9-6-13-4-7-19-8-5-13)12-15-3-2-14(11-18)10-16(15)17/h2-5,7-8,10H,6,9,11-12,18H2,1H3. The van der Waals surface area contributed by atoms with Crippen molar-refractivity contribution in [1.82, 2.24) is 9.88 Å². The van der Waals surface area contributed by atoms with Gasteiger partial charge < -0.3 is 10.6 Å². The number of nitrogens with two attached hydrogens (primary N) is 1. The predicted molar refractivity (Wildman–Crippen MR) is 83.6 cm³/mol. The maximum Gasteiger partial charge on any atom is 0.0454 e. The molecule has 0 bridgehead atoms. The Morgan fingerprint density at radius 1 is 1.15 bits per heavy atom. The molecule has 0 aliphatic rings. The number of halogens is 1. The Labute approximate surface area is 125 Å². The van der Waals surface area contributed by atoms with Crippen molar-refractivity contribution in [2.24, 2.45) is 5.73 Å². The van der Waals surface area contributed by atoms with Gasteiger partial charge in [-0.25, -0.2) is 0 Å². The monoisotopic (exact) mass is 289 g/mol. The van der Waals surface area contributed by atoms with E-state index in [1.165, 1.54) is 5.56 Å². The zero-order chi connectivity index (χ0) is 14.4. The van der Waals surface area contributed by atoms with Crippen LogP contribution in [0.3, 0.4) is 0 Å². The molecular formula is C16H20ClN3. The largest absolute Gasteiger partial charge is 0.326 e. The lowest BCUT2D eigenvalue weighted by molar-refractivity contribution is 0.331. The van der Waals surface area contributed by atoms with E-state index in [-0.39, 0.29) is 0 Å². The van der Waals surface area contributed by atoms with Crippen molar-refractivity contribution in [2.45, 2.75) is 19.5 Å². The van der Waals surface area contributed by atoms with Crippen molar-refractivity contribution < 1.29 is 0 Å². The lowest BCUT2D eigenvalue weighted by Crippen LogP contribution is -2.21. The summed E-state index contributed by atoms with van der Waals surface area (Å²) in [4.78, 5) is 6.29. The number of benzene rings is 1. The highest BCUT2D eigenvalue weighted by atomic mass is 35.5. The number of nitrogens with zero attached hydrogens (tertiary/aromatic N) is 2. The molecule has 0 saturated carbocycles. The summed E-state index contributed by atoms with van der Waals surface area (Å²) in [6.45, 7) is 2.35. The number of likely N-dealkylation sites (N-methyl/N-ethyl adjacent to an activating group) is 1. The van der Waals surface area contributed by atoms with Crippen LogP contribution >= 0.6 is 11.6 Å². The van der Waals surface area contributed by atoms with Crippen molar-refractivity contribution in [3.05, 3.63) is 64.4 Å². The van der Waals surface area contributed by atoms with Crippen LogP contribution in [0.4, 0.5) is 0 Å². The van der Waals surface area contributed by atoms with E-state index in [4.69, 9.17) is 17.3 Å². The molecular weight excluding hydrogens is 270 g/mol. The Balaban J connectivity index is 1.89. The van der Waals surface area contributed by atoms with E-state index in [0.29, 0.717) is 6.54 Å². The molecule has 1 aromatic heterocycles. The molecule has 20 heavy (non-hydrogen) atoms. The molecule has 0 radical (unpaired) electrons. The van der Waals surface area contributed by atoms with Crippen LogP contribution in [-0.4, -0.2) is 23.5 Å². The minimum atomic E-state index is 0.526. The molecule has 0 spiro atoms. The third-order valence-corrected chi connectivity index (χ3v) is 3.68. The Morgan fingerprint density at radius 3 is 2.55 bits per heavy atom. The van der Waals surface area contributed by atoms with E-state index < -0.39 is 0 Å². The minimum Gasteiger partial charge on any atom is -0.326 e. The van der Waals surface area contributed by atoms with Gasteiger partial charge in [-0.15, -0.1) is 0 Å². The molecule has 0 unspecified atom stereocenters. The summed E-state index contributed by atoms with van der Waals surface area (Å²) in [6, 6.07) is 10.2. The molecule has 3 nitrogen and oxygen atoms in total. The first-order valence-corrected chi connectivity index (χ1v) is 7.11. The molecule has 0 saturated heterocycles. The maximum absolute atomic E-state index is 6.28. The molecule has 2 N–H and O–H groups in total. The first-order valence-electron chi connectivity index (χ1n) is 6.74. The molecule has 0 aliphatic carbocycles. The third kappa shape index (κ3) is 4.30. The van der Waals surface area contributed by atoms with E-state index in [1.807, 2.05) is 24.5 Å². The molecule has 2 aromatic rings. The van der Waals surface area contributed by atoms with E-state index in [1.54, 1.807) is 0 Å². The minimum absolute atomic E-state index is 0.526. The molecule has 106 valence electrons. The smallest absolute Gasteiger partial charge is 0.0454 e. The fraction of sp³-hybridized carbons (Fsp3) is 0.312. The van der Waals surface area contributed by atoms with E-state index in [9.17, 15) is 0 Å². The highest BCUT2D eigenvalue weighted by Gasteiger charge is 2.05. The normalized spacial score (nSPS) is 11.0. The number of aromatic nitrogens is 1. The molecule has 4 heteroatoms. The van der Waals surface area contributed by atoms with Gasteiger partial charge in [-0.05, 0) is 48.4 Å². The van der Waals surface area contributed by atoms with Gasteiger partial charge in [-0.3, -0.25) is 4.98 Å². The zero-order valence-corrected chi connectivity index (χ0v) is 12.5. The van der Waals surface area contributed by atoms with Gasteiger partial charge in [-0.2, -0.15) is 0 Å². The van der Waals surface area contributed by atoms with Crippen molar-refractivity contribution in [3.63, 3.8) is 0 Å². The summed E-state index contributed by atoms with van der Waals surface area (Å²) in [5.41, 5.74) is 9.12. The summed E-state index contributed by atoms with van der Waals surface area (Å²) in [5.74, 6) is 0. The van der Waals surface area contributed by atoms with Crippen LogP contribution in [0.1, 0.15) is 16.7 Å². The lowest BCUT2D eigenvalue weighted by Gasteiger charge is -2.17. The second kappa shape index (κ2) is 7.39. The molecule has 1 aromatic carbocycles. The molecule has 0 fully saturated rings. The first kappa shape index (κ1) is 15.0. The second-order valence-corrected chi connectivity index (χ2v) is 5.38. The molecule has 2 rings (SSSR count). The number of hydrogen-bond acceptors (Lipinski definition) is 3. The van der Waals surface area contributed by atoms with Gasteiger partial charge in [0.25, 0.3) is 0 Å². The molecule has 0 amide bonds. The van der Waals surface area contributed by atoms with Gasteiger partial charge in [-0.1, -0.05) is 23.7 Å². The summed E-state index contributed by atoms with van der Waals surface area (Å²) in [6.07, 6.45) is 4.67. The topological polar surface area (TPSA) is 42.2 Å². The van der Waals surface area contributed by atoms with Crippen LogP contribution < -0.4 is 5.73 Å². The quantitative estimate of drug-likeness (QED) is 0.889. The zero-order valence-electron chi connectivity index (χ0n) is 11.7. The Morgan fingerprint density at radius 2 is 1.90 bits per heavy atom. The Bertz CT molecular complexity index is 543. The first-order chi connectivity index (χ1) is 9.69. The Hall–Kier alpha value is -1.42. The van der Waals surface area contributed by atoms with Gasteiger partial charge in [0.2, 0.25) is 0 Å². The van der Waals surface area contributed by atoms with Gasteiger partial charge >= 0.3 is 0 Å². The summed E-state index contributed by atoms with van der Waals surface area (Å²) < 4.78 is 0. The van der Waals surface area contributed by atoms with Crippen LogP contribution in [-0.2, 0) is 19.5 Å². The van der Waals surface area contributed by atoms with Crippen molar-refractivity contribution in [1.29, 1.82) is 0 Å². The van der Waals surface area contributed by atoms with Crippen LogP contribution in [0.25, 0.3) is 0 Å². The highest BCUT2D eigenvalue weighted by molar-refractivity contribution is 6.31. The fourth-order valence-electron chi connectivity index (χ4n) is 2.09. The number of rotatable bonds is 6. The maximum atomic E-state index is 6.28.